The lowest BCUT2D eigenvalue weighted by Crippen LogP contribution is -2.41. The zero-order valence-electron chi connectivity index (χ0n) is 28.8. The maximum absolute atomic E-state index is 13.5. The number of phosphoric acid groups is 3. The molecule has 1 amide bonds. The predicted octanol–water partition coefficient (Wildman–Crippen LogP) is -1.61. The highest BCUT2D eigenvalue weighted by atomic mass is 31.3. The van der Waals surface area contributed by atoms with Crippen molar-refractivity contribution in [2.75, 3.05) is 26.0 Å². The maximum Gasteiger partial charge on any atom is 0.490 e. The zero-order valence-corrected chi connectivity index (χ0v) is 31.5. The van der Waals surface area contributed by atoms with Crippen molar-refractivity contribution >= 4 is 64.2 Å². The van der Waals surface area contributed by atoms with Crippen LogP contribution in [-0.4, -0.2) is 122 Å². The van der Waals surface area contributed by atoms with E-state index in [0.29, 0.717) is 24.2 Å². The Morgan fingerprint density at radius 2 is 1.71 bits per heavy atom. The highest BCUT2D eigenvalue weighted by Gasteiger charge is 2.50. The van der Waals surface area contributed by atoms with E-state index in [1.165, 1.54) is 22.6 Å². The minimum absolute atomic E-state index is 0.0365. The number of fused-ring (bicyclic) bond motifs is 2. The largest absolute Gasteiger partial charge is 0.490 e. The molecule has 27 nitrogen and oxygen atoms in total. The van der Waals surface area contributed by atoms with Crippen LogP contribution in [0.2, 0.25) is 0 Å². The second-order valence-electron chi connectivity index (χ2n) is 12.5. The first-order valence-corrected chi connectivity index (χ1v) is 20.8. The van der Waals surface area contributed by atoms with Gasteiger partial charge in [-0.3, -0.25) is 28.2 Å². The van der Waals surface area contributed by atoms with Gasteiger partial charge in [-0.25, -0.2) is 28.7 Å². The van der Waals surface area contributed by atoms with Gasteiger partial charge in [0.05, 0.1) is 31.1 Å². The van der Waals surface area contributed by atoms with Gasteiger partial charge in [-0.15, -0.1) is 0 Å². The highest BCUT2D eigenvalue weighted by Crippen LogP contribution is 2.66. The lowest BCUT2D eigenvalue weighted by atomic mass is 9.93. The molecule has 2 saturated heterocycles. The lowest BCUT2D eigenvalue weighted by molar-refractivity contribution is -0.124. The van der Waals surface area contributed by atoms with Gasteiger partial charge in [0.15, 0.2) is 29.4 Å². The number of ether oxygens (including phenoxy) is 3. The molecular weight excluding hydrogens is 817 g/mol. The first-order valence-electron chi connectivity index (χ1n) is 16.3. The van der Waals surface area contributed by atoms with Crippen LogP contribution in [0.15, 0.2) is 28.5 Å². The Labute approximate surface area is 313 Å². The first kappa shape index (κ1) is 41.9. The molecule has 10 atom stereocenters. The predicted molar refractivity (Wildman–Crippen MR) is 186 cm³/mol. The van der Waals surface area contributed by atoms with Gasteiger partial charge < -0.3 is 60.8 Å². The van der Waals surface area contributed by atoms with Crippen LogP contribution in [0, 0.1) is 5.92 Å². The fourth-order valence-electron chi connectivity index (χ4n) is 6.37. The number of aromatic nitrogens is 6. The molecule has 3 aliphatic rings. The van der Waals surface area contributed by atoms with Crippen molar-refractivity contribution in [2.24, 2.45) is 16.6 Å². The summed E-state index contributed by atoms with van der Waals surface area (Å²) in [5.41, 5.74) is 11.7. The van der Waals surface area contributed by atoms with E-state index in [9.17, 15) is 43.3 Å². The molecule has 6 rings (SSSR count). The monoisotopic (exact) mass is 854 g/mol. The average Bonchev–Trinajstić information content (AvgIpc) is 3.84. The third-order valence-electron chi connectivity index (χ3n) is 8.76. The number of nitrogens with one attached hydrogen (secondary N) is 2. The summed E-state index contributed by atoms with van der Waals surface area (Å²) in [5.74, 6) is -1.75. The summed E-state index contributed by atoms with van der Waals surface area (Å²) in [4.78, 5) is 82.2. The smallest absolute Gasteiger partial charge is 0.397 e. The Morgan fingerprint density at radius 3 is 2.43 bits per heavy atom. The van der Waals surface area contributed by atoms with Crippen LogP contribution < -0.4 is 22.3 Å². The van der Waals surface area contributed by atoms with Crippen LogP contribution in [0.1, 0.15) is 37.4 Å². The minimum atomic E-state index is -5.85. The zero-order chi connectivity index (χ0) is 40.7. The van der Waals surface area contributed by atoms with E-state index in [1.54, 1.807) is 12.3 Å². The molecule has 2 fully saturated rings. The summed E-state index contributed by atoms with van der Waals surface area (Å²) < 4.78 is 68.4. The molecule has 6 heterocycles. The lowest BCUT2D eigenvalue weighted by Gasteiger charge is -2.24. The summed E-state index contributed by atoms with van der Waals surface area (Å²) in [6.45, 7) is -1.30. The molecule has 0 aromatic carbocycles. The van der Waals surface area contributed by atoms with Gasteiger partial charge >= 0.3 is 23.5 Å². The van der Waals surface area contributed by atoms with Gasteiger partial charge in [-0.2, -0.15) is 13.6 Å². The number of phosphoric ester groups is 1. The molecule has 2 unspecified atom stereocenters. The maximum atomic E-state index is 13.5. The molecule has 0 spiro atoms. The number of imidazole rings is 2. The van der Waals surface area contributed by atoms with Crippen LogP contribution in [0.3, 0.4) is 0 Å². The molecule has 30 heteroatoms. The summed E-state index contributed by atoms with van der Waals surface area (Å²) >= 11 is 0. The van der Waals surface area contributed by atoms with E-state index in [1.807, 2.05) is 0 Å². The third kappa shape index (κ3) is 9.18. The minimum Gasteiger partial charge on any atom is -0.397 e. The van der Waals surface area contributed by atoms with Crippen molar-refractivity contribution in [1.82, 2.24) is 34.4 Å². The van der Waals surface area contributed by atoms with Gasteiger partial charge in [0, 0.05) is 32.2 Å². The van der Waals surface area contributed by atoms with Crippen LogP contribution in [0.25, 0.3) is 16.9 Å². The Kier molecular flexibility index (Phi) is 12.1. The number of nitrogens with two attached hydrogens (primary N) is 2. The van der Waals surface area contributed by atoms with Crippen molar-refractivity contribution in [2.45, 2.75) is 62.2 Å². The van der Waals surface area contributed by atoms with Gasteiger partial charge in [-0.1, -0.05) is 6.08 Å². The van der Waals surface area contributed by atoms with Crippen molar-refractivity contribution in [1.29, 1.82) is 0 Å². The van der Waals surface area contributed by atoms with E-state index >= 15 is 0 Å². The fourth-order valence-corrected chi connectivity index (χ4v) is 9.40. The second kappa shape index (κ2) is 16.2. The quantitative estimate of drug-likeness (QED) is 0.0815. The molecule has 0 radical (unpaired) electrons. The summed E-state index contributed by atoms with van der Waals surface area (Å²) in [5, 5.41) is 24.2. The van der Waals surface area contributed by atoms with Crippen LogP contribution >= 0.6 is 23.5 Å². The molecule has 308 valence electrons. The number of hydrogen-bond acceptors (Lipinski definition) is 19. The molecule has 3 aromatic rings. The standard InChI is InChI=1S/C26H37N10O17P3/c1-48-20-11(6-15(37)30-7-13-18(38)19(39)24(50-13)36-10-32-17-22(36)33-26(28)34-23(17)40)14(8-49-55(44,45)53-56(46,47)52-54(41,42)43)51-25(20)35-9-31-16-12(27)4-2-3-5-29-21(16)35/h4-5,9-11,13-14,18-20,24-25,38-39H,2-3,6-8,27H2,1H3,(H,30,37)(H,44,45)(H,46,47)(H2,41,42,43)(H3,28,33,34,40)/b12-4+,29-5-/t11-,13-,14-,18-,19-,20-,24-,25-/m1/s1. The molecule has 0 saturated carbocycles. The number of methoxy groups -OCH3 is 1. The number of rotatable bonds is 14. The number of amides is 1. The van der Waals surface area contributed by atoms with E-state index in [0.717, 1.165) is 6.33 Å². The van der Waals surface area contributed by atoms with E-state index in [2.05, 4.69) is 38.9 Å². The normalized spacial score (nSPS) is 30.4. The molecule has 12 N–H and O–H groups in total. The van der Waals surface area contributed by atoms with Crippen LogP contribution in [0.5, 0.6) is 0 Å². The van der Waals surface area contributed by atoms with Crippen molar-refractivity contribution in [3.8, 4) is 0 Å². The molecule has 56 heavy (non-hydrogen) atoms. The number of aliphatic hydroxyl groups is 2. The number of carbonyl (C=O) groups is 1. The summed E-state index contributed by atoms with van der Waals surface area (Å²) in [6, 6.07) is 0. The molecular formula is C26H37N10O17P3. The van der Waals surface area contributed by atoms with E-state index in [-0.39, 0.29) is 29.5 Å². The topological polar surface area (TPSA) is 403 Å². The van der Waals surface area contributed by atoms with Gasteiger partial charge in [0.2, 0.25) is 11.9 Å². The molecule has 3 aromatic heterocycles. The van der Waals surface area contributed by atoms with Crippen molar-refractivity contribution in [3.63, 3.8) is 0 Å². The van der Waals surface area contributed by atoms with Crippen LogP contribution in [0.4, 0.5) is 11.8 Å². The fraction of sp³-hybridized carbons (Fsp3) is 0.538. The van der Waals surface area contributed by atoms with Gasteiger partial charge in [-0.05, 0) is 12.8 Å². The molecule has 0 bridgehead atoms. The number of nitrogen functional groups attached to an aromatic ring is 1. The second-order valence-corrected chi connectivity index (χ2v) is 16.9. The number of aliphatic imine (C=N–C) groups is 1. The summed E-state index contributed by atoms with van der Waals surface area (Å²) in [7, 11) is -15.9. The number of H-pyrrole nitrogens is 1. The SMILES string of the molecule is CO[C@@H]1[C@H](CC(=O)NC[C@H]2O[C@@H](n3cnc4c(=O)[nH]c(N)nc43)[C@H](O)[C@@H]2O)[C@@H](COP(=O)(O)OP(=O)(O)OP(=O)(O)O)O[C@H]1n1cnc2c1/N=C\CC/C=C\2N. The number of aliphatic hydroxyl groups excluding tert-OH is 2. The van der Waals surface area contributed by atoms with E-state index < -0.39 is 96.9 Å². The highest BCUT2D eigenvalue weighted by molar-refractivity contribution is 7.66. The van der Waals surface area contributed by atoms with Gasteiger partial charge in [0.1, 0.15) is 30.1 Å². The number of nitrogens with zero attached hydrogens (tertiary/aromatic N) is 6. The average molecular weight is 855 g/mol. The third-order valence-corrected chi connectivity index (χ3v) is 12.6. The number of anilines is 1. The Morgan fingerprint density at radius 1 is 1.00 bits per heavy atom. The Bertz CT molecular complexity index is 2220. The number of aromatic amines is 1. The summed E-state index contributed by atoms with van der Waals surface area (Å²) in [6.07, 6.45) is -2.63. The first-order chi connectivity index (χ1) is 26.3. The van der Waals surface area contributed by atoms with Crippen molar-refractivity contribution in [3.05, 3.63) is 34.8 Å². The van der Waals surface area contributed by atoms with Crippen molar-refractivity contribution < 1.29 is 75.6 Å². The van der Waals surface area contributed by atoms with E-state index in [4.69, 9.17) is 40.0 Å². The Hall–Kier alpha value is -3.75. The Balaban J connectivity index is 1.20. The number of carbonyl (C=O) groups excluding carboxylic acids is 1. The van der Waals surface area contributed by atoms with Crippen LogP contribution in [-0.2, 0) is 45.8 Å². The number of hydrogen-bond donors (Lipinski definition) is 10. The molecule has 0 aliphatic carbocycles. The number of allylic oxidation sites excluding steroid dienone is 1. The molecule has 3 aliphatic heterocycles. The van der Waals surface area contributed by atoms with Gasteiger partial charge in [0.25, 0.3) is 5.56 Å².